The molecule has 0 aromatic heterocycles. The molecule has 0 spiro atoms. The van der Waals surface area contributed by atoms with Crippen molar-refractivity contribution >= 4 is 5.97 Å². The van der Waals surface area contributed by atoms with E-state index in [1.165, 1.54) is 6.92 Å². The maximum absolute atomic E-state index is 13.6. The van der Waals surface area contributed by atoms with Crippen LogP contribution in [0.5, 0.6) is 0 Å². The zero-order valence-corrected chi connectivity index (χ0v) is 14.8. The monoisotopic (exact) mass is 308 g/mol. The van der Waals surface area contributed by atoms with Crippen LogP contribution in [0.3, 0.4) is 0 Å². The molecular weight excluding hydrogens is 279 g/mol. The number of hydrogen-bond acceptors (Lipinski definition) is 2. The number of halogens is 1. The highest BCUT2D eigenvalue weighted by Gasteiger charge is 2.31. The van der Waals surface area contributed by atoms with Crippen LogP contribution in [-0.4, -0.2) is 11.6 Å². The van der Waals surface area contributed by atoms with Gasteiger partial charge in [-0.25, -0.2) is 4.39 Å². The Morgan fingerprint density at radius 3 is 2.36 bits per heavy atom. The highest BCUT2D eigenvalue weighted by molar-refractivity contribution is 5.66. The fourth-order valence-corrected chi connectivity index (χ4v) is 1.95. The number of carbonyl (C=O) groups is 1. The number of ether oxygens (including phenoxy) is 1. The van der Waals surface area contributed by atoms with E-state index in [4.69, 9.17) is 4.74 Å². The van der Waals surface area contributed by atoms with Gasteiger partial charge in [0, 0.05) is 13.3 Å². The number of rotatable bonds is 8. The van der Waals surface area contributed by atoms with Crippen LogP contribution in [0.1, 0.15) is 67.2 Å². The molecule has 0 saturated carbocycles. The van der Waals surface area contributed by atoms with E-state index in [2.05, 4.69) is 38.3 Å². The lowest BCUT2D eigenvalue weighted by Gasteiger charge is -2.27. The second-order valence-electron chi connectivity index (χ2n) is 6.75. The predicted molar refractivity (Wildman–Crippen MR) is 89.9 cm³/mol. The summed E-state index contributed by atoms with van der Waals surface area (Å²) >= 11 is 0. The highest BCUT2D eigenvalue weighted by Crippen LogP contribution is 2.30. The molecule has 0 rings (SSSR count). The molecule has 0 amide bonds. The molecule has 0 saturated heterocycles. The van der Waals surface area contributed by atoms with E-state index in [0.29, 0.717) is 12.8 Å². The van der Waals surface area contributed by atoms with Gasteiger partial charge in [-0.05, 0) is 45.4 Å². The molecule has 0 aromatic rings. The smallest absolute Gasteiger partial charge is 0.303 e. The molecule has 3 heteroatoms. The van der Waals surface area contributed by atoms with Gasteiger partial charge in [0.15, 0.2) is 5.60 Å². The minimum absolute atomic E-state index is 0.118. The SMILES string of the molecule is C=C(F)C(C)(CC/C(C)=C\CC(C)(C)CC#CC)OC(C)=O. The Morgan fingerprint density at radius 2 is 1.91 bits per heavy atom. The Bertz CT molecular complexity index is 491. The van der Waals surface area contributed by atoms with Crippen LogP contribution in [0.25, 0.3) is 0 Å². The van der Waals surface area contributed by atoms with Crippen LogP contribution in [0.4, 0.5) is 4.39 Å². The minimum Gasteiger partial charge on any atom is -0.452 e. The third-order valence-electron chi connectivity index (χ3n) is 3.69. The first-order valence-electron chi connectivity index (χ1n) is 7.62. The Labute approximate surface area is 134 Å². The van der Waals surface area contributed by atoms with Crippen molar-refractivity contribution in [2.75, 3.05) is 0 Å². The molecular formula is C19H29FO2. The van der Waals surface area contributed by atoms with Gasteiger partial charge in [0.1, 0.15) is 5.83 Å². The summed E-state index contributed by atoms with van der Waals surface area (Å²) < 4.78 is 18.7. The molecule has 0 heterocycles. The van der Waals surface area contributed by atoms with Gasteiger partial charge < -0.3 is 4.74 Å². The summed E-state index contributed by atoms with van der Waals surface area (Å²) in [6.45, 7) is 14.3. The lowest BCUT2D eigenvalue weighted by Crippen LogP contribution is -2.31. The Hall–Kier alpha value is -1.56. The molecule has 0 aliphatic carbocycles. The quantitative estimate of drug-likeness (QED) is 0.343. The Kier molecular flexibility index (Phi) is 8.16. The third kappa shape index (κ3) is 8.02. The molecule has 1 unspecified atom stereocenters. The number of esters is 1. The predicted octanol–water partition coefficient (Wildman–Crippen LogP) is 5.35. The fourth-order valence-electron chi connectivity index (χ4n) is 1.95. The summed E-state index contributed by atoms with van der Waals surface area (Å²) in [4.78, 5) is 11.1. The van der Waals surface area contributed by atoms with Crippen LogP contribution < -0.4 is 0 Å². The van der Waals surface area contributed by atoms with Crippen LogP contribution in [0, 0.1) is 17.3 Å². The van der Waals surface area contributed by atoms with E-state index < -0.39 is 17.4 Å². The molecule has 0 aromatic carbocycles. The molecule has 0 fully saturated rings. The average Bonchev–Trinajstić information content (AvgIpc) is 2.40. The molecule has 0 radical (unpaired) electrons. The van der Waals surface area contributed by atoms with Crippen LogP contribution in [0.2, 0.25) is 0 Å². The van der Waals surface area contributed by atoms with E-state index in [1.807, 2.05) is 13.8 Å². The van der Waals surface area contributed by atoms with Gasteiger partial charge >= 0.3 is 5.97 Å². The summed E-state index contributed by atoms with van der Waals surface area (Å²) in [7, 11) is 0. The lowest BCUT2D eigenvalue weighted by molar-refractivity contribution is -0.153. The first-order valence-corrected chi connectivity index (χ1v) is 7.62. The van der Waals surface area contributed by atoms with E-state index >= 15 is 0 Å². The Morgan fingerprint density at radius 1 is 1.32 bits per heavy atom. The van der Waals surface area contributed by atoms with Gasteiger partial charge in [0.2, 0.25) is 0 Å². The number of allylic oxidation sites excluding steroid dienone is 2. The van der Waals surface area contributed by atoms with Crippen molar-refractivity contribution in [1.29, 1.82) is 0 Å². The minimum atomic E-state index is -1.25. The first-order chi connectivity index (χ1) is 10.0. The van der Waals surface area contributed by atoms with Crippen molar-refractivity contribution in [1.82, 2.24) is 0 Å². The second kappa shape index (κ2) is 8.78. The summed E-state index contributed by atoms with van der Waals surface area (Å²) in [5, 5.41) is 0. The van der Waals surface area contributed by atoms with Crippen LogP contribution in [0.15, 0.2) is 24.1 Å². The van der Waals surface area contributed by atoms with Crippen LogP contribution in [-0.2, 0) is 9.53 Å². The maximum atomic E-state index is 13.6. The molecule has 0 bridgehead atoms. The molecule has 2 nitrogen and oxygen atoms in total. The van der Waals surface area contributed by atoms with Gasteiger partial charge in [0.05, 0.1) is 0 Å². The van der Waals surface area contributed by atoms with E-state index in [9.17, 15) is 9.18 Å². The van der Waals surface area contributed by atoms with E-state index in [1.54, 1.807) is 6.92 Å². The van der Waals surface area contributed by atoms with Crippen LogP contribution >= 0.6 is 0 Å². The average molecular weight is 308 g/mol. The summed E-state index contributed by atoms with van der Waals surface area (Å²) in [5.74, 6) is 4.91. The summed E-state index contributed by atoms with van der Waals surface area (Å²) in [6.07, 6.45) is 4.96. The molecule has 124 valence electrons. The standard InChI is InChI=1S/C19H29FO2/c1-8-9-12-18(5,6)13-10-15(2)11-14-19(7,16(3)20)22-17(4)21/h10H,3,11-14H2,1-2,4-7H3/b15-10-. The topological polar surface area (TPSA) is 26.3 Å². The summed E-state index contributed by atoms with van der Waals surface area (Å²) in [6, 6.07) is 0. The molecule has 1 atom stereocenters. The number of hydrogen-bond donors (Lipinski definition) is 0. The fraction of sp³-hybridized carbons (Fsp3) is 0.632. The van der Waals surface area contributed by atoms with Crippen molar-refractivity contribution in [2.45, 2.75) is 72.8 Å². The van der Waals surface area contributed by atoms with Gasteiger partial charge in [-0.1, -0.05) is 32.1 Å². The molecule has 0 aliphatic rings. The third-order valence-corrected chi connectivity index (χ3v) is 3.69. The van der Waals surface area contributed by atoms with Gasteiger partial charge in [-0.15, -0.1) is 11.8 Å². The first kappa shape index (κ1) is 20.4. The molecule has 0 aliphatic heterocycles. The van der Waals surface area contributed by atoms with Gasteiger partial charge in [-0.2, -0.15) is 0 Å². The van der Waals surface area contributed by atoms with Gasteiger partial charge in [0.25, 0.3) is 0 Å². The van der Waals surface area contributed by atoms with E-state index in [-0.39, 0.29) is 5.41 Å². The highest BCUT2D eigenvalue weighted by atomic mass is 19.1. The van der Waals surface area contributed by atoms with Crippen molar-refractivity contribution in [3.63, 3.8) is 0 Å². The van der Waals surface area contributed by atoms with Crippen molar-refractivity contribution in [3.05, 3.63) is 24.1 Å². The zero-order chi connectivity index (χ0) is 17.4. The van der Waals surface area contributed by atoms with Crippen molar-refractivity contribution in [2.24, 2.45) is 5.41 Å². The second-order valence-corrected chi connectivity index (χ2v) is 6.75. The lowest BCUT2D eigenvalue weighted by atomic mass is 9.84. The number of carbonyl (C=O) groups excluding carboxylic acids is 1. The van der Waals surface area contributed by atoms with Crippen molar-refractivity contribution in [3.8, 4) is 11.8 Å². The summed E-state index contributed by atoms with van der Waals surface area (Å²) in [5.41, 5.74) is 0.0225. The van der Waals surface area contributed by atoms with E-state index in [0.717, 1.165) is 18.4 Å². The van der Waals surface area contributed by atoms with Gasteiger partial charge in [-0.3, -0.25) is 4.79 Å². The van der Waals surface area contributed by atoms with Crippen molar-refractivity contribution < 1.29 is 13.9 Å². The largest absolute Gasteiger partial charge is 0.452 e. The normalized spacial score (nSPS) is 14.6. The molecule has 0 N–H and O–H groups in total. The zero-order valence-electron chi connectivity index (χ0n) is 14.8. The molecule has 22 heavy (non-hydrogen) atoms. The maximum Gasteiger partial charge on any atom is 0.303 e. The Balaban J connectivity index is 4.66.